The van der Waals surface area contributed by atoms with E-state index in [0.29, 0.717) is 23.6 Å². The second kappa shape index (κ2) is 8.68. The molecule has 1 heterocycles. The lowest BCUT2D eigenvalue weighted by molar-refractivity contribution is 0.602. The van der Waals surface area contributed by atoms with Crippen molar-refractivity contribution in [2.24, 2.45) is 10.2 Å². The summed E-state index contributed by atoms with van der Waals surface area (Å²) in [4.78, 5) is 6.81. The minimum absolute atomic E-state index is 0.264. The van der Waals surface area contributed by atoms with Crippen LogP contribution in [0.4, 0.5) is 16.5 Å². The van der Waals surface area contributed by atoms with Crippen LogP contribution >= 0.6 is 11.3 Å². The van der Waals surface area contributed by atoms with Gasteiger partial charge in [-0.05, 0) is 55.8 Å². The maximum Gasteiger partial charge on any atom is 0.231 e. The average Bonchev–Trinajstić information content (AvgIpc) is 3.09. The number of sulfone groups is 1. The maximum absolute atomic E-state index is 11.7. The van der Waals surface area contributed by atoms with Crippen molar-refractivity contribution in [1.29, 1.82) is 5.26 Å². The summed E-state index contributed by atoms with van der Waals surface area (Å²) >= 11 is 1.30. The van der Waals surface area contributed by atoms with Gasteiger partial charge in [0.05, 0.1) is 33.3 Å². The van der Waals surface area contributed by atoms with E-state index in [1.165, 1.54) is 17.6 Å². The molecule has 0 saturated carbocycles. The second-order valence-corrected chi connectivity index (χ2v) is 9.58. The standard InChI is InChI=1S/C20H21N5O2S2/c1-4-25(11-5-10-21)15-6-8-17(14(2)12-15)23-24-20-22-18-9-7-16(29(3,26)27)13-19(18)28-20/h6-9,12-13H,4-5,11H2,1-3H3. The van der Waals surface area contributed by atoms with Crippen LogP contribution in [0.15, 0.2) is 51.5 Å². The highest BCUT2D eigenvalue weighted by molar-refractivity contribution is 7.90. The fourth-order valence-electron chi connectivity index (χ4n) is 2.87. The van der Waals surface area contributed by atoms with Crippen molar-refractivity contribution >= 4 is 47.9 Å². The highest BCUT2D eigenvalue weighted by atomic mass is 32.2. The number of nitriles is 1. The second-order valence-electron chi connectivity index (χ2n) is 6.56. The quantitative estimate of drug-likeness (QED) is 0.485. The molecule has 0 radical (unpaired) electrons. The number of hydrogen-bond donors (Lipinski definition) is 0. The Morgan fingerprint density at radius 2 is 2.00 bits per heavy atom. The van der Waals surface area contributed by atoms with E-state index in [9.17, 15) is 8.42 Å². The largest absolute Gasteiger partial charge is 0.371 e. The molecule has 29 heavy (non-hydrogen) atoms. The van der Waals surface area contributed by atoms with Gasteiger partial charge in [0.25, 0.3) is 0 Å². The number of fused-ring (bicyclic) bond motifs is 1. The van der Waals surface area contributed by atoms with Gasteiger partial charge in [0, 0.05) is 25.0 Å². The van der Waals surface area contributed by atoms with E-state index in [4.69, 9.17) is 5.26 Å². The molecule has 1 aromatic heterocycles. The number of aryl methyl sites for hydroxylation is 1. The first-order valence-electron chi connectivity index (χ1n) is 9.06. The number of nitrogens with zero attached hydrogens (tertiary/aromatic N) is 5. The minimum Gasteiger partial charge on any atom is -0.371 e. The van der Waals surface area contributed by atoms with Crippen LogP contribution in [-0.4, -0.2) is 32.7 Å². The Morgan fingerprint density at radius 1 is 1.21 bits per heavy atom. The van der Waals surface area contributed by atoms with Crippen LogP contribution in [0.25, 0.3) is 10.2 Å². The van der Waals surface area contributed by atoms with Crippen LogP contribution < -0.4 is 4.90 Å². The zero-order valence-electron chi connectivity index (χ0n) is 16.5. The number of thiazole rings is 1. The van der Waals surface area contributed by atoms with Crippen molar-refractivity contribution in [3.63, 3.8) is 0 Å². The Bertz CT molecular complexity index is 1210. The molecule has 0 unspecified atom stereocenters. The smallest absolute Gasteiger partial charge is 0.231 e. The molecule has 2 aromatic carbocycles. The summed E-state index contributed by atoms with van der Waals surface area (Å²) in [5.74, 6) is 0. The molecule has 0 atom stereocenters. The first-order chi connectivity index (χ1) is 13.8. The zero-order valence-corrected chi connectivity index (χ0v) is 18.1. The molecule has 0 bridgehead atoms. The Morgan fingerprint density at radius 3 is 2.66 bits per heavy atom. The molecule has 0 amide bonds. The third-order valence-electron chi connectivity index (χ3n) is 4.44. The molecule has 150 valence electrons. The molecule has 0 N–H and O–H groups in total. The summed E-state index contributed by atoms with van der Waals surface area (Å²) < 4.78 is 24.2. The van der Waals surface area contributed by atoms with Crippen molar-refractivity contribution in [3.05, 3.63) is 42.0 Å². The lowest BCUT2D eigenvalue weighted by atomic mass is 10.1. The minimum atomic E-state index is -3.26. The van der Waals surface area contributed by atoms with Crippen molar-refractivity contribution in [2.45, 2.75) is 25.2 Å². The van der Waals surface area contributed by atoms with E-state index < -0.39 is 9.84 Å². The molecule has 0 aliphatic heterocycles. The third-order valence-corrected chi connectivity index (χ3v) is 6.45. The molecule has 0 fully saturated rings. The number of rotatable bonds is 7. The molecule has 0 spiro atoms. The molecule has 0 aliphatic rings. The Kier molecular flexibility index (Phi) is 6.25. The van der Waals surface area contributed by atoms with Gasteiger partial charge in [0.2, 0.25) is 5.13 Å². The number of hydrogen-bond acceptors (Lipinski definition) is 8. The Hall–Kier alpha value is -2.83. The monoisotopic (exact) mass is 427 g/mol. The van der Waals surface area contributed by atoms with Gasteiger partial charge in [-0.2, -0.15) is 5.26 Å². The fourth-order valence-corrected chi connectivity index (χ4v) is 4.41. The van der Waals surface area contributed by atoms with Gasteiger partial charge < -0.3 is 4.90 Å². The van der Waals surface area contributed by atoms with Crippen molar-refractivity contribution in [3.8, 4) is 6.07 Å². The van der Waals surface area contributed by atoms with E-state index in [1.54, 1.807) is 18.2 Å². The van der Waals surface area contributed by atoms with Crippen LogP contribution in [-0.2, 0) is 9.84 Å². The lowest BCUT2D eigenvalue weighted by Gasteiger charge is -2.22. The van der Waals surface area contributed by atoms with E-state index >= 15 is 0 Å². The van der Waals surface area contributed by atoms with Gasteiger partial charge in [-0.3, -0.25) is 0 Å². The maximum atomic E-state index is 11.7. The number of aromatic nitrogens is 1. The highest BCUT2D eigenvalue weighted by Crippen LogP contribution is 2.32. The number of anilines is 1. The summed E-state index contributed by atoms with van der Waals surface area (Å²) in [6, 6.07) is 12.9. The molecule has 3 aromatic rings. The summed E-state index contributed by atoms with van der Waals surface area (Å²) in [5, 5.41) is 17.8. The summed E-state index contributed by atoms with van der Waals surface area (Å²) in [5.41, 5.74) is 3.45. The highest BCUT2D eigenvalue weighted by Gasteiger charge is 2.11. The van der Waals surface area contributed by atoms with Crippen LogP contribution in [0, 0.1) is 18.3 Å². The van der Waals surface area contributed by atoms with Crippen LogP contribution in [0.1, 0.15) is 18.9 Å². The van der Waals surface area contributed by atoms with Crippen molar-refractivity contribution in [1.82, 2.24) is 4.98 Å². The van der Waals surface area contributed by atoms with E-state index in [0.717, 1.165) is 28.2 Å². The molecule has 0 saturated heterocycles. The number of benzene rings is 2. The molecule has 7 nitrogen and oxygen atoms in total. The third kappa shape index (κ3) is 4.96. The average molecular weight is 428 g/mol. The van der Waals surface area contributed by atoms with Crippen LogP contribution in [0.2, 0.25) is 0 Å². The van der Waals surface area contributed by atoms with E-state index in [1.807, 2.05) is 25.1 Å². The summed E-state index contributed by atoms with van der Waals surface area (Å²) in [7, 11) is -3.26. The van der Waals surface area contributed by atoms with Crippen LogP contribution in [0.5, 0.6) is 0 Å². The molecular weight excluding hydrogens is 406 g/mol. The van der Waals surface area contributed by atoms with Crippen molar-refractivity contribution in [2.75, 3.05) is 24.2 Å². The molecule has 0 aliphatic carbocycles. The summed E-state index contributed by atoms with van der Waals surface area (Å²) in [6.45, 7) is 5.53. The Balaban J connectivity index is 1.83. The number of azo groups is 1. The molecular formula is C20H21N5O2S2. The van der Waals surface area contributed by atoms with Gasteiger partial charge in [0.15, 0.2) is 9.84 Å². The predicted molar refractivity (Wildman–Crippen MR) is 116 cm³/mol. The zero-order chi connectivity index (χ0) is 21.0. The van der Waals surface area contributed by atoms with Gasteiger partial charge in [0.1, 0.15) is 0 Å². The van der Waals surface area contributed by atoms with Gasteiger partial charge in [-0.15, -0.1) is 10.2 Å². The van der Waals surface area contributed by atoms with Crippen LogP contribution in [0.3, 0.4) is 0 Å². The Labute approximate surface area is 174 Å². The van der Waals surface area contributed by atoms with E-state index in [-0.39, 0.29) is 4.90 Å². The summed E-state index contributed by atoms with van der Waals surface area (Å²) in [6.07, 6.45) is 1.66. The fraction of sp³-hybridized carbons (Fsp3) is 0.300. The lowest BCUT2D eigenvalue weighted by Crippen LogP contribution is -2.23. The van der Waals surface area contributed by atoms with Gasteiger partial charge >= 0.3 is 0 Å². The first kappa shape index (κ1) is 20.9. The first-order valence-corrected chi connectivity index (χ1v) is 11.8. The molecule has 3 rings (SSSR count). The predicted octanol–water partition coefficient (Wildman–Crippen LogP) is 5.16. The van der Waals surface area contributed by atoms with Gasteiger partial charge in [-0.1, -0.05) is 11.3 Å². The topological polar surface area (TPSA) is 98.8 Å². The van der Waals surface area contributed by atoms with Crippen molar-refractivity contribution < 1.29 is 8.42 Å². The van der Waals surface area contributed by atoms with E-state index in [2.05, 4.69) is 33.1 Å². The SMILES string of the molecule is CCN(CCC#N)c1ccc(N=Nc2nc3ccc(S(C)(=O)=O)cc3s2)c(C)c1. The normalized spacial score (nSPS) is 11.8. The van der Waals surface area contributed by atoms with Gasteiger partial charge in [-0.25, -0.2) is 13.4 Å². The molecule has 9 heteroatoms.